The number of aliphatic hydroxyl groups is 1. The van der Waals surface area contributed by atoms with E-state index in [0.29, 0.717) is 0 Å². The smallest absolute Gasteiger partial charge is 0.344 e. The molecule has 6 rings (SSSR count). The summed E-state index contributed by atoms with van der Waals surface area (Å²) >= 11 is 0. The van der Waals surface area contributed by atoms with Crippen molar-refractivity contribution in [1.82, 2.24) is 0 Å². The molecule has 0 saturated carbocycles. The van der Waals surface area contributed by atoms with Crippen molar-refractivity contribution in [2.45, 2.75) is 37.0 Å². The second-order valence-corrected chi connectivity index (χ2v) is 12.4. The van der Waals surface area contributed by atoms with Crippen LogP contribution in [0.4, 0.5) is 0 Å². The maximum absolute atomic E-state index is 13.8. The number of carbonyl (C=O) groups is 4. The Morgan fingerprint density at radius 2 is 0.877 bits per heavy atom. The lowest BCUT2D eigenvalue weighted by Crippen LogP contribution is -2.63. The SMILES string of the molecule is O=C(OC[C@H]1OC(OC(=O)c2ccccc2O)[C@H](OC(=O)c2ccccc2O)[C@@H](OC(=O)c2ccccc2O)[C@@H]1OC(O)c1ccccc1O)c1ccccc1O. The fraction of sp³-hybridized carbons (Fsp3) is 0.171. The zero-order valence-corrected chi connectivity index (χ0v) is 29.5. The lowest BCUT2D eigenvalue weighted by Gasteiger charge is -2.44. The van der Waals surface area contributed by atoms with Crippen LogP contribution in [0.15, 0.2) is 121 Å². The van der Waals surface area contributed by atoms with E-state index >= 15 is 0 Å². The number of phenolic OH excluding ortho intramolecular Hbond substituents is 5. The Hall–Kier alpha value is -7.14. The molecule has 1 heterocycles. The molecule has 0 aromatic heterocycles. The molecule has 294 valence electrons. The second kappa shape index (κ2) is 17.5. The summed E-state index contributed by atoms with van der Waals surface area (Å²) in [4.78, 5) is 54.3. The molecule has 1 fully saturated rings. The highest BCUT2D eigenvalue weighted by molar-refractivity contribution is 5.94. The molecule has 1 saturated heterocycles. The van der Waals surface area contributed by atoms with E-state index in [1.807, 2.05) is 0 Å². The van der Waals surface area contributed by atoms with Crippen molar-refractivity contribution in [3.05, 3.63) is 149 Å². The standard InChI is InChI=1S/C41H34O16/c42-27-16-6-1-11-22(27)36(47)52-21-32-33(54-37(48)23-12-2-7-17-28(23)43)34(55-38(49)24-13-3-8-18-29(24)44)35(56-39(50)25-14-4-9-19-30(25)45)41(53-32)57-40(51)26-15-5-10-20-31(26)46/h1-20,32-35,37,41-46,48H,21H2/t32-,33-,34+,35-,37?,41?/m1/s1. The number of para-hydroxylation sites is 5. The highest BCUT2D eigenvalue weighted by Crippen LogP contribution is 2.36. The van der Waals surface area contributed by atoms with Crippen LogP contribution in [0, 0.1) is 0 Å². The van der Waals surface area contributed by atoms with Crippen LogP contribution in [0.5, 0.6) is 28.7 Å². The third-order valence-electron chi connectivity index (χ3n) is 8.66. The molecule has 2 unspecified atom stereocenters. The lowest BCUT2D eigenvalue weighted by atomic mass is 9.97. The van der Waals surface area contributed by atoms with Crippen LogP contribution in [-0.4, -0.2) is 91.8 Å². The summed E-state index contributed by atoms with van der Waals surface area (Å²) in [5.74, 6) is -7.23. The average molecular weight is 783 g/mol. The van der Waals surface area contributed by atoms with Gasteiger partial charge in [-0.3, -0.25) is 0 Å². The summed E-state index contributed by atoms with van der Waals surface area (Å²) in [7, 11) is 0. The summed E-state index contributed by atoms with van der Waals surface area (Å²) in [6.07, 6.45) is -11.7. The second-order valence-electron chi connectivity index (χ2n) is 12.4. The van der Waals surface area contributed by atoms with Gasteiger partial charge < -0.3 is 59.1 Å². The highest BCUT2D eigenvalue weighted by Gasteiger charge is 2.54. The van der Waals surface area contributed by atoms with Crippen LogP contribution in [0.2, 0.25) is 0 Å². The zero-order chi connectivity index (χ0) is 40.6. The van der Waals surface area contributed by atoms with Gasteiger partial charge in [0.15, 0.2) is 12.4 Å². The van der Waals surface area contributed by atoms with Gasteiger partial charge in [0.2, 0.25) is 12.4 Å². The van der Waals surface area contributed by atoms with Crippen LogP contribution >= 0.6 is 0 Å². The van der Waals surface area contributed by atoms with Gasteiger partial charge in [0.1, 0.15) is 69.8 Å². The van der Waals surface area contributed by atoms with Crippen LogP contribution in [0.1, 0.15) is 53.3 Å². The number of rotatable bonds is 12. The van der Waals surface area contributed by atoms with Crippen LogP contribution < -0.4 is 0 Å². The maximum Gasteiger partial charge on any atom is 0.344 e. The van der Waals surface area contributed by atoms with E-state index in [0.717, 1.165) is 0 Å². The topological polar surface area (TPSA) is 245 Å². The molecule has 0 aliphatic carbocycles. The van der Waals surface area contributed by atoms with Gasteiger partial charge in [-0.05, 0) is 54.6 Å². The van der Waals surface area contributed by atoms with Gasteiger partial charge in [0, 0.05) is 5.56 Å². The number of aromatic hydroxyl groups is 5. The Morgan fingerprint density at radius 3 is 1.33 bits per heavy atom. The van der Waals surface area contributed by atoms with Crippen LogP contribution in [0.25, 0.3) is 0 Å². The molecular formula is C41H34O16. The number of phenols is 5. The molecule has 0 radical (unpaired) electrons. The number of aliphatic hydroxyl groups excluding tert-OH is 1. The van der Waals surface area contributed by atoms with Gasteiger partial charge in [-0.1, -0.05) is 66.7 Å². The largest absolute Gasteiger partial charge is 0.507 e. The van der Waals surface area contributed by atoms with Gasteiger partial charge >= 0.3 is 23.9 Å². The van der Waals surface area contributed by atoms with E-state index in [-0.39, 0.29) is 27.8 Å². The molecular weight excluding hydrogens is 748 g/mol. The van der Waals surface area contributed by atoms with Crippen molar-refractivity contribution >= 4 is 23.9 Å². The first-order valence-electron chi connectivity index (χ1n) is 17.1. The number of hydrogen-bond donors (Lipinski definition) is 6. The molecule has 1 aliphatic rings. The lowest BCUT2D eigenvalue weighted by molar-refractivity contribution is -0.311. The molecule has 16 nitrogen and oxygen atoms in total. The molecule has 5 aromatic carbocycles. The average Bonchev–Trinajstić information content (AvgIpc) is 3.19. The fourth-order valence-corrected chi connectivity index (χ4v) is 5.81. The fourth-order valence-electron chi connectivity index (χ4n) is 5.81. The molecule has 0 bridgehead atoms. The predicted molar refractivity (Wildman–Crippen MR) is 193 cm³/mol. The van der Waals surface area contributed by atoms with Crippen molar-refractivity contribution < 1.29 is 78.2 Å². The van der Waals surface area contributed by atoms with Crippen molar-refractivity contribution in [2.75, 3.05) is 6.61 Å². The Balaban J connectivity index is 1.46. The number of ether oxygens (including phenoxy) is 6. The molecule has 6 atom stereocenters. The van der Waals surface area contributed by atoms with Crippen LogP contribution in [-0.2, 0) is 28.4 Å². The number of hydrogen-bond acceptors (Lipinski definition) is 16. The Labute approximate surface area is 323 Å². The summed E-state index contributed by atoms with van der Waals surface area (Å²) in [6.45, 7) is -0.833. The quantitative estimate of drug-likeness (QED) is 0.0580. The minimum Gasteiger partial charge on any atom is -0.507 e. The van der Waals surface area contributed by atoms with Gasteiger partial charge in [-0.2, -0.15) is 0 Å². The minimum atomic E-state index is -2.09. The van der Waals surface area contributed by atoms with Crippen molar-refractivity contribution in [2.24, 2.45) is 0 Å². The minimum absolute atomic E-state index is 0.191. The first-order chi connectivity index (χ1) is 27.4. The maximum atomic E-state index is 13.8. The van der Waals surface area contributed by atoms with Crippen LogP contribution in [0.3, 0.4) is 0 Å². The zero-order valence-electron chi connectivity index (χ0n) is 29.5. The van der Waals surface area contributed by atoms with Gasteiger partial charge in [-0.25, -0.2) is 19.2 Å². The van der Waals surface area contributed by atoms with E-state index in [1.54, 1.807) is 0 Å². The predicted octanol–water partition coefficient (Wildman–Crippen LogP) is 4.48. The van der Waals surface area contributed by atoms with Crippen molar-refractivity contribution in [3.8, 4) is 28.7 Å². The molecule has 0 amide bonds. The normalized spacial score (nSPS) is 19.4. The summed E-state index contributed by atoms with van der Waals surface area (Å²) in [5.41, 5.74) is -1.60. The number of esters is 4. The highest BCUT2D eigenvalue weighted by atomic mass is 16.8. The van der Waals surface area contributed by atoms with Gasteiger partial charge in [0.25, 0.3) is 0 Å². The van der Waals surface area contributed by atoms with Gasteiger partial charge in [-0.15, -0.1) is 0 Å². The third kappa shape index (κ3) is 9.05. The van der Waals surface area contributed by atoms with Crippen molar-refractivity contribution in [1.29, 1.82) is 0 Å². The van der Waals surface area contributed by atoms with E-state index in [4.69, 9.17) is 28.4 Å². The molecule has 6 N–H and O–H groups in total. The molecule has 57 heavy (non-hydrogen) atoms. The Bertz CT molecular complexity index is 2260. The Kier molecular flexibility index (Phi) is 12.2. The van der Waals surface area contributed by atoms with E-state index in [9.17, 15) is 49.8 Å². The number of benzene rings is 5. The Morgan fingerprint density at radius 1 is 0.491 bits per heavy atom. The molecule has 1 aliphatic heterocycles. The summed E-state index contributed by atoms with van der Waals surface area (Å²) < 4.78 is 34.8. The first-order valence-corrected chi connectivity index (χ1v) is 17.1. The summed E-state index contributed by atoms with van der Waals surface area (Å²) in [5, 5.41) is 63.6. The molecule has 16 heteroatoms. The molecule has 5 aromatic rings. The molecule has 0 spiro atoms. The van der Waals surface area contributed by atoms with Crippen molar-refractivity contribution in [3.63, 3.8) is 0 Å². The monoisotopic (exact) mass is 782 g/mol. The van der Waals surface area contributed by atoms with E-state index in [1.165, 1.54) is 121 Å². The number of carbonyl (C=O) groups excluding carboxylic acids is 4. The van der Waals surface area contributed by atoms with E-state index in [2.05, 4.69) is 0 Å². The summed E-state index contributed by atoms with van der Waals surface area (Å²) in [6, 6.07) is 26.6. The van der Waals surface area contributed by atoms with Gasteiger partial charge in [0.05, 0.1) is 0 Å². The first kappa shape index (κ1) is 39.6. The third-order valence-corrected chi connectivity index (χ3v) is 8.66. The van der Waals surface area contributed by atoms with E-state index < -0.39 is 96.2 Å².